The Morgan fingerprint density at radius 2 is 1.09 bits per heavy atom. The maximum Gasteiger partial charge on any atom is 0.241 e. The van der Waals surface area contributed by atoms with Crippen LogP contribution >= 0.6 is 46.7 Å². The molecule has 4 aromatic carbocycles. The number of thioether (sulfide) groups is 2. The normalized spacial score (nSPS) is 23.6. The third-order valence-corrected chi connectivity index (χ3v) is 14.4. The molecular formula is C42H42Cl2F2N6O2S2. The van der Waals surface area contributed by atoms with Crippen LogP contribution in [0.5, 0.6) is 0 Å². The lowest BCUT2D eigenvalue weighted by atomic mass is 9.77. The Balaban J connectivity index is 0.000000172. The maximum absolute atomic E-state index is 14.6. The quantitative estimate of drug-likeness (QED) is 0.200. The Labute approximate surface area is 344 Å². The van der Waals surface area contributed by atoms with E-state index in [1.165, 1.54) is 82.8 Å². The van der Waals surface area contributed by atoms with Gasteiger partial charge in [-0.3, -0.25) is 9.59 Å². The first-order valence-electron chi connectivity index (χ1n) is 18.6. The number of halogens is 4. The van der Waals surface area contributed by atoms with Crippen LogP contribution in [0.3, 0.4) is 0 Å². The Bertz CT molecular complexity index is 2090. The number of aryl methyl sites for hydroxylation is 2. The first-order valence-corrected chi connectivity index (χ1v) is 21.0. The van der Waals surface area contributed by atoms with Crippen molar-refractivity contribution in [2.24, 2.45) is 33.5 Å². The van der Waals surface area contributed by atoms with E-state index >= 15 is 0 Å². The summed E-state index contributed by atoms with van der Waals surface area (Å²) >= 11 is 15.1. The molecule has 56 heavy (non-hydrogen) atoms. The molecule has 292 valence electrons. The average molecular weight is 836 g/mol. The second-order valence-electron chi connectivity index (χ2n) is 14.3. The summed E-state index contributed by atoms with van der Waals surface area (Å²) in [4.78, 5) is 23.9. The number of rotatable bonds is 6. The fourth-order valence-electron chi connectivity index (χ4n) is 8.50. The SMILES string of the molecule is CC(=O)N1N=C(c2cc(Cl)ccc2F)S[C@@]12c1ccccc1CC[C@H]2CCN.CC(=O)N1N=C(c2cc(Cl)ccc2F)S[C@]12c1ccccc1CC[C@H]2CCN. The number of hydrazone groups is 2. The van der Waals surface area contributed by atoms with Crippen LogP contribution in [0.25, 0.3) is 0 Å². The number of nitrogens with zero attached hydrogens (tertiary/aromatic N) is 4. The highest BCUT2D eigenvalue weighted by Gasteiger charge is 2.56. The lowest BCUT2D eigenvalue weighted by molar-refractivity contribution is -0.135. The smallest absolute Gasteiger partial charge is 0.241 e. The minimum Gasteiger partial charge on any atom is -0.330 e. The summed E-state index contributed by atoms with van der Waals surface area (Å²) in [6, 6.07) is 25.0. The molecule has 0 saturated heterocycles. The van der Waals surface area contributed by atoms with Gasteiger partial charge in [0, 0.05) is 35.0 Å². The van der Waals surface area contributed by atoms with E-state index in [2.05, 4.69) is 22.3 Å². The summed E-state index contributed by atoms with van der Waals surface area (Å²) in [5.74, 6) is -0.937. The van der Waals surface area contributed by atoms with E-state index in [4.69, 9.17) is 34.7 Å². The van der Waals surface area contributed by atoms with Crippen molar-refractivity contribution < 1.29 is 18.4 Å². The van der Waals surface area contributed by atoms with Crippen molar-refractivity contribution in [3.63, 3.8) is 0 Å². The van der Waals surface area contributed by atoms with E-state index in [-0.39, 0.29) is 23.7 Å². The Kier molecular flexibility index (Phi) is 12.0. The summed E-state index contributed by atoms with van der Waals surface area (Å²) in [6.45, 7) is 4.03. The molecular weight excluding hydrogens is 794 g/mol. The van der Waals surface area contributed by atoms with Gasteiger partial charge in [0.1, 0.15) is 31.5 Å². The summed E-state index contributed by atoms with van der Waals surface area (Å²) in [6.07, 6.45) is 5.15. The van der Waals surface area contributed by atoms with Gasteiger partial charge in [-0.1, -0.05) is 95.3 Å². The molecule has 2 aliphatic heterocycles. The minimum atomic E-state index is -0.718. The molecule has 8 rings (SSSR count). The first-order chi connectivity index (χ1) is 26.9. The molecule has 0 saturated carbocycles. The molecule has 0 aromatic heterocycles. The van der Waals surface area contributed by atoms with Gasteiger partial charge in [-0.15, -0.1) is 0 Å². The Morgan fingerprint density at radius 1 is 0.696 bits per heavy atom. The molecule has 0 unspecified atom stereocenters. The van der Waals surface area contributed by atoms with Gasteiger partial charge in [-0.2, -0.15) is 10.2 Å². The van der Waals surface area contributed by atoms with Gasteiger partial charge < -0.3 is 11.5 Å². The van der Waals surface area contributed by atoms with E-state index in [0.29, 0.717) is 44.3 Å². The monoisotopic (exact) mass is 834 g/mol. The molecule has 2 spiro atoms. The van der Waals surface area contributed by atoms with Crippen LogP contribution in [0.1, 0.15) is 72.9 Å². The van der Waals surface area contributed by atoms with Crippen molar-refractivity contribution in [3.8, 4) is 0 Å². The summed E-state index contributed by atoms with van der Waals surface area (Å²) in [5, 5.41) is 14.0. The summed E-state index contributed by atoms with van der Waals surface area (Å²) in [5.41, 5.74) is 17.0. The molecule has 4 aliphatic rings. The van der Waals surface area contributed by atoms with Crippen LogP contribution in [-0.2, 0) is 32.2 Å². The van der Waals surface area contributed by atoms with Gasteiger partial charge in [-0.05, 0) is 122 Å². The number of carbonyl (C=O) groups excluding carboxylic acids is 2. The van der Waals surface area contributed by atoms with Crippen molar-refractivity contribution in [2.45, 2.75) is 62.1 Å². The number of fused-ring (bicyclic) bond motifs is 4. The minimum absolute atomic E-state index is 0.116. The number of amides is 2. The fourth-order valence-corrected chi connectivity index (χ4v) is 12.1. The molecule has 4 N–H and O–H groups in total. The zero-order valence-electron chi connectivity index (χ0n) is 31.0. The van der Waals surface area contributed by atoms with Crippen LogP contribution in [0.15, 0.2) is 95.1 Å². The number of carbonyl (C=O) groups is 2. The second-order valence-corrected chi connectivity index (χ2v) is 17.6. The molecule has 0 radical (unpaired) electrons. The molecule has 2 amide bonds. The van der Waals surface area contributed by atoms with Crippen molar-refractivity contribution in [2.75, 3.05) is 13.1 Å². The van der Waals surface area contributed by atoms with Gasteiger partial charge in [0.15, 0.2) is 0 Å². The van der Waals surface area contributed by atoms with Crippen LogP contribution in [0, 0.1) is 23.5 Å². The molecule has 0 bridgehead atoms. The van der Waals surface area contributed by atoms with E-state index in [9.17, 15) is 18.4 Å². The maximum atomic E-state index is 14.6. The largest absolute Gasteiger partial charge is 0.330 e. The van der Waals surface area contributed by atoms with Crippen molar-refractivity contribution in [1.82, 2.24) is 10.0 Å². The van der Waals surface area contributed by atoms with E-state index in [1.807, 2.05) is 36.4 Å². The highest BCUT2D eigenvalue weighted by atomic mass is 35.5. The summed E-state index contributed by atoms with van der Waals surface area (Å²) in [7, 11) is 0. The van der Waals surface area contributed by atoms with Crippen molar-refractivity contribution in [3.05, 3.63) is 140 Å². The number of hydrogen-bond acceptors (Lipinski definition) is 8. The van der Waals surface area contributed by atoms with Gasteiger partial charge in [-0.25, -0.2) is 18.8 Å². The highest BCUT2D eigenvalue weighted by molar-refractivity contribution is 8.15. The van der Waals surface area contributed by atoms with Crippen LogP contribution in [0.2, 0.25) is 10.0 Å². The van der Waals surface area contributed by atoms with Crippen LogP contribution in [0.4, 0.5) is 8.78 Å². The molecule has 2 aliphatic carbocycles. The van der Waals surface area contributed by atoms with Crippen molar-refractivity contribution >= 4 is 68.6 Å². The Morgan fingerprint density at radius 3 is 1.46 bits per heavy atom. The van der Waals surface area contributed by atoms with Gasteiger partial charge >= 0.3 is 0 Å². The van der Waals surface area contributed by atoms with Gasteiger partial charge in [0.2, 0.25) is 11.8 Å². The molecule has 14 heteroatoms. The third-order valence-electron chi connectivity index (χ3n) is 10.9. The van der Waals surface area contributed by atoms with Crippen LogP contribution < -0.4 is 11.5 Å². The lowest BCUT2D eigenvalue weighted by Gasteiger charge is -2.45. The average Bonchev–Trinajstić information content (AvgIpc) is 3.78. The molecule has 8 nitrogen and oxygen atoms in total. The fraction of sp³-hybridized carbons (Fsp3) is 0.333. The Hall–Kier alpha value is -3.78. The van der Waals surface area contributed by atoms with E-state index in [1.54, 1.807) is 12.1 Å². The number of nitrogens with two attached hydrogens (primary N) is 2. The van der Waals surface area contributed by atoms with Gasteiger partial charge in [0.25, 0.3) is 0 Å². The number of hydrogen-bond donors (Lipinski definition) is 2. The van der Waals surface area contributed by atoms with Crippen LogP contribution in [-0.4, -0.2) is 45.0 Å². The predicted molar refractivity (Wildman–Crippen MR) is 223 cm³/mol. The highest BCUT2D eigenvalue weighted by Crippen LogP contribution is 2.59. The molecule has 4 atom stereocenters. The topological polar surface area (TPSA) is 117 Å². The zero-order valence-corrected chi connectivity index (χ0v) is 34.1. The molecule has 2 heterocycles. The standard InChI is InChI=1S/2C21H21ClFN3OS/c2*1-13(27)26-21(28-20(25-26)17-12-16(22)8-9-19(17)23)15(10-11-24)7-6-14-4-2-3-5-18(14)21/h2*2-5,8-9,12,15H,6-7,10-11,24H2,1H3/t15-,21+;15-,21-/m00/s1. The van der Waals surface area contributed by atoms with E-state index < -0.39 is 21.4 Å². The number of benzene rings is 4. The molecule has 0 fully saturated rings. The lowest BCUT2D eigenvalue weighted by Crippen LogP contribution is -2.49. The van der Waals surface area contributed by atoms with E-state index in [0.717, 1.165) is 49.7 Å². The molecule has 4 aromatic rings. The second kappa shape index (κ2) is 16.6. The summed E-state index contributed by atoms with van der Waals surface area (Å²) < 4.78 is 29.1. The van der Waals surface area contributed by atoms with Gasteiger partial charge in [0.05, 0.1) is 0 Å². The first kappa shape index (κ1) is 40.4. The third kappa shape index (κ3) is 7.17. The zero-order chi connectivity index (χ0) is 39.8. The predicted octanol–water partition coefficient (Wildman–Crippen LogP) is 9.00. The van der Waals surface area contributed by atoms with Crippen molar-refractivity contribution in [1.29, 1.82) is 0 Å².